The molecule has 0 fully saturated rings. The molecule has 1 atom stereocenters. The molecule has 1 unspecified atom stereocenters. The van der Waals surface area contributed by atoms with Gasteiger partial charge in [0.25, 0.3) is 0 Å². The molecule has 84 valence electrons. The van der Waals surface area contributed by atoms with Gasteiger partial charge in [-0.1, -0.05) is 28.9 Å². The number of rotatable bonds is 3. The lowest BCUT2D eigenvalue weighted by atomic mass is 10.1. The van der Waals surface area contributed by atoms with Crippen LogP contribution >= 0.6 is 11.6 Å². The van der Waals surface area contributed by atoms with Crippen LogP contribution in [0.15, 0.2) is 28.8 Å². The molecule has 1 aromatic carbocycles. The van der Waals surface area contributed by atoms with Crippen LogP contribution in [0.25, 0.3) is 0 Å². The van der Waals surface area contributed by atoms with Gasteiger partial charge in [-0.25, -0.2) is 0 Å². The Kier molecular flexibility index (Phi) is 3.22. The van der Waals surface area contributed by atoms with E-state index in [1.165, 1.54) is 0 Å². The first-order valence-corrected chi connectivity index (χ1v) is 5.28. The van der Waals surface area contributed by atoms with E-state index in [9.17, 15) is 5.11 Å². The van der Waals surface area contributed by atoms with Crippen molar-refractivity contribution in [3.8, 4) is 0 Å². The van der Waals surface area contributed by atoms with E-state index in [1.807, 2.05) is 18.2 Å². The summed E-state index contributed by atoms with van der Waals surface area (Å²) >= 11 is 5.86. The predicted octanol–water partition coefficient (Wildman–Crippen LogP) is 2.37. The molecule has 0 radical (unpaired) electrons. The van der Waals surface area contributed by atoms with E-state index in [-0.39, 0.29) is 0 Å². The quantitative estimate of drug-likeness (QED) is 0.892. The number of halogens is 1. The molecule has 1 N–H and O–H groups in total. The van der Waals surface area contributed by atoms with Crippen LogP contribution in [0.5, 0.6) is 0 Å². The number of benzene rings is 1. The maximum Gasteiger partial charge on any atom is 0.231 e. The smallest absolute Gasteiger partial charge is 0.231 e. The van der Waals surface area contributed by atoms with Crippen LogP contribution < -0.4 is 0 Å². The molecule has 1 heterocycles. The van der Waals surface area contributed by atoms with Crippen molar-refractivity contribution in [3.05, 3.63) is 46.6 Å². The number of hydrogen-bond donors (Lipinski definition) is 1. The number of hydrogen-bond acceptors (Lipinski definition) is 4. The molecule has 2 aromatic rings. The molecule has 0 spiro atoms. The fraction of sp³-hybridized carbons (Fsp3) is 0.273. The Morgan fingerprint density at radius 2 is 2.31 bits per heavy atom. The third kappa shape index (κ3) is 2.59. The average molecular weight is 239 g/mol. The molecule has 16 heavy (non-hydrogen) atoms. The first-order valence-electron chi connectivity index (χ1n) is 4.90. The third-order valence-electron chi connectivity index (χ3n) is 2.10. The van der Waals surface area contributed by atoms with Gasteiger partial charge in [-0.2, -0.15) is 4.98 Å². The summed E-state index contributed by atoms with van der Waals surface area (Å²) in [6.45, 7) is 1.59. The highest BCUT2D eigenvalue weighted by atomic mass is 35.5. The van der Waals surface area contributed by atoms with Crippen molar-refractivity contribution in [1.82, 2.24) is 10.1 Å². The van der Waals surface area contributed by atoms with Gasteiger partial charge in [0.05, 0.1) is 6.42 Å². The van der Waals surface area contributed by atoms with Crippen LogP contribution in [0.1, 0.15) is 30.3 Å². The van der Waals surface area contributed by atoms with Gasteiger partial charge in [0.15, 0.2) is 5.82 Å². The van der Waals surface area contributed by atoms with Crippen molar-refractivity contribution in [3.63, 3.8) is 0 Å². The minimum absolute atomic E-state index is 0.303. The zero-order valence-electron chi connectivity index (χ0n) is 8.72. The molecular weight excluding hydrogens is 228 g/mol. The maximum atomic E-state index is 9.24. The Balaban J connectivity index is 2.14. The standard InChI is InChI=1S/C11H11ClN2O2/c1-7(15)11-13-10(16-14-11)6-8-3-2-4-9(12)5-8/h2-5,7,15H,6H2,1H3. The van der Waals surface area contributed by atoms with Gasteiger partial charge in [-0.05, 0) is 24.6 Å². The monoisotopic (exact) mass is 238 g/mol. The van der Waals surface area contributed by atoms with E-state index in [4.69, 9.17) is 16.1 Å². The van der Waals surface area contributed by atoms with E-state index < -0.39 is 6.10 Å². The van der Waals surface area contributed by atoms with Crippen LogP contribution in [-0.4, -0.2) is 15.2 Å². The summed E-state index contributed by atoms with van der Waals surface area (Å²) in [5.41, 5.74) is 0.994. The van der Waals surface area contributed by atoms with Gasteiger partial charge in [-0.15, -0.1) is 0 Å². The first kappa shape index (κ1) is 11.1. The van der Waals surface area contributed by atoms with Gasteiger partial charge in [-0.3, -0.25) is 0 Å². The van der Waals surface area contributed by atoms with Crippen molar-refractivity contribution >= 4 is 11.6 Å². The van der Waals surface area contributed by atoms with Crippen molar-refractivity contribution in [2.45, 2.75) is 19.4 Å². The summed E-state index contributed by atoms with van der Waals surface area (Å²) in [6.07, 6.45) is -0.197. The molecule has 0 saturated carbocycles. The summed E-state index contributed by atoms with van der Waals surface area (Å²) in [4.78, 5) is 4.06. The lowest BCUT2D eigenvalue weighted by Gasteiger charge is -1.96. The molecule has 0 aliphatic heterocycles. The SMILES string of the molecule is CC(O)c1noc(Cc2cccc(Cl)c2)n1. The Hall–Kier alpha value is -1.39. The van der Waals surface area contributed by atoms with E-state index in [1.54, 1.807) is 13.0 Å². The largest absolute Gasteiger partial charge is 0.385 e. The first-order chi connectivity index (χ1) is 7.65. The molecule has 0 amide bonds. The Labute approximate surface area is 97.9 Å². The van der Waals surface area contributed by atoms with Crippen molar-refractivity contribution < 1.29 is 9.63 Å². The molecule has 0 bridgehead atoms. The summed E-state index contributed by atoms with van der Waals surface area (Å²) in [6, 6.07) is 7.44. The topological polar surface area (TPSA) is 59.2 Å². The van der Waals surface area contributed by atoms with Crippen LogP contribution in [0.2, 0.25) is 5.02 Å². The lowest BCUT2D eigenvalue weighted by molar-refractivity contribution is 0.184. The second-order valence-electron chi connectivity index (χ2n) is 3.53. The minimum atomic E-state index is -0.711. The third-order valence-corrected chi connectivity index (χ3v) is 2.34. The molecule has 5 heteroatoms. The molecule has 0 aliphatic rings. The zero-order chi connectivity index (χ0) is 11.5. The minimum Gasteiger partial charge on any atom is -0.385 e. The maximum absolute atomic E-state index is 9.24. The van der Waals surface area contributed by atoms with Crippen LogP contribution in [-0.2, 0) is 6.42 Å². The second-order valence-corrected chi connectivity index (χ2v) is 3.97. The second kappa shape index (κ2) is 4.63. The molecule has 2 rings (SSSR count). The Morgan fingerprint density at radius 3 is 2.94 bits per heavy atom. The number of nitrogens with zero attached hydrogens (tertiary/aromatic N) is 2. The van der Waals surface area contributed by atoms with Gasteiger partial charge >= 0.3 is 0 Å². The number of aliphatic hydroxyl groups excluding tert-OH is 1. The van der Waals surface area contributed by atoms with Crippen molar-refractivity contribution in [1.29, 1.82) is 0 Å². The molecule has 1 aromatic heterocycles. The zero-order valence-corrected chi connectivity index (χ0v) is 9.48. The van der Waals surface area contributed by atoms with Crippen LogP contribution in [0.4, 0.5) is 0 Å². The predicted molar refractivity (Wildman–Crippen MR) is 59.2 cm³/mol. The highest BCUT2D eigenvalue weighted by Gasteiger charge is 2.11. The molecule has 0 aliphatic carbocycles. The van der Waals surface area contributed by atoms with Gasteiger partial charge < -0.3 is 9.63 Å². The highest BCUT2D eigenvalue weighted by molar-refractivity contribution is 6.30. The normalized spacial score (nSPS) is 12.7. The fourth-order valence-electron chi connectivity index (χ4n) is 1.33. The molecular formula is C11H11ClN2O2. The Morgan fingerprint density at radius 1 is 1.50 bits per heavy atom. The van der Waals surface area contributed by atoms with E-state index in [0.29, 0.717) is 23.2 Å². The number of aromatic nitrogens is 2. The van der Waals surface area contributed by atoms with Gasteiger partial charge in [0, 0.05) is 5.02 Å². The summed E-state index contributed by atoms with van der Waals surface area (Å²) in [5.74, 6) is 0.773. The van der Waals surface area contributed by atoms with Gasteiger partial charge in [0.1, 0.15) is 6.10 Å². The Bertz CT molecular complexity index is 482. The van der Waals surface area contributed by atoms with E-state index in [2.05, 4.69) is 10.1 Å². The fourth-order valence-corrected chi connectivity index (χ4v) is 1.54. The molecule has 0 saturated heterocycles. The van der Waals surface area contributed by atoms with Gasteiger partial charge in [0.2, 0.25) is 5.89 Å². The highest BCUT2D eigenvalue weighted by Crippen LogP contribution is 2.15. The average Bonchev–Trinajstić information content (AvgIpc) is 2.66. The van der Waals surface area contributed by atoms with Crippen LogP contribution in [0.3, 0.4) is 0 Å². The summed E-state index contributed by atoms with van der Waals surface area (Å²) in [7, 11) is 0. The number of aliphatic hydroxyl groups is 1. The van der Waals surface area contributed by atoms with E-state index >= 15 is 0 Å². The lowest BCUT2D eigenvalue weighted by Crippen LogP contribution is -1.94. The molecule has 4 nitrogen and oxygen atoms in total. The van der Waals surface area contributed by atoms with Crippen molar-refractivity contribution in [2.75, 3.05) is 0 Å². The van der Waals surface area contributed by atoms with Crippen molar-refractivity contribution in [2.24, 2.45) is 0 Å². The summed E-state index contributed by atoms with van der Waals surface area (Å²) in [5, 5.41) is 13.6. The summed E-state index contributed by atoms with van der Waals surface area (Å²) < 4.78 is 5.01. The van der Waals surface area contributed by atoms with Crippen LogP contribution in [0, 0.1) is 0 Å². The van der Waals surface area contributed by atoms with E-state index in [0.717, 1.165) is 5.56 Å².